The summed E-state index contributed by atoms with van der Waals surface area (Å²) in [5, 5.41) is 6.27. The quantitative estimate of drug-likeness (QED) is 0.374. The van der Waals surface area contributed by atoms with E-state index < -0.39 is 5.41 Å². The Kier molecular flexibility index (Phi) is 6.28. The number of amides is 1. The SMILES string of the molecule is CC1(C(=O)Nc2ccccc2N)C=CC(COc2nc(N)nc(NC3Cc4ccccc4C3)n2)=CC1. The van der Waals surface area contributed by atoms with Crippen molar-refractivity contribution >= 4 is 29.2 Å². The summed E-state index contributed by atoms with van der Waals surface area (Å²) in [6.45, 7) is 2.13. The minimum Gasteiger partial charge on any atom is -0.458 e. The van der Waals surface area contributed by atoms with E-state index in [1.165, 1.54) is 11.1 Å². The molecule has 0 radical (unpaired) electrons. The smallest absolute Gasteiger partial charge is 0.323 e. The maximum atomic E-state index is 12.9. The number of nitrogens with one attached hydrogen (secondary N) is 2. The van der Waals surface area contributed by atoms with Crippen molar-refractivity contribution in [1.82, 2.24) is 15.0 Å². The molecule has 0 spiro atoms. The molecular weight excluding hydrogens is 454 g/mol. The number of ether oxygens (including phenoxy) is 1. The Morgan fingerprint density at radius 2 is 1.78 bits per heavy atom. The zero-order chi connectivity index (χ0) is 25.1. The zero-order valence-electron chi connectivity index (χ0n) is 20.1. The van der Waals surface area contributed by atoms with Gasteiger partial charge in [-0.25, -0.2) is 0 Å². The fourth-order valence-electron chi connectivity index (χ4n) is 4.41. The van der Waals surface area contributed by atoms with Gasteiger partial charge in [0.05, 0.1) is 16.8 Å². The van der Waals surface area contributed by atoms with Gasteiger partial charge in [-0.05, 0) is 55.0 Å². The first kappa shape index (κ1) is 23.3. The third kappa shape index (κ3) is 5.14. The molecular formula is C27H29N7O2. The summed E-state index contributed by atoms with van der Waals surface area (Å²) in [6.07, 6.45) is 8.07. The molecule has 184 valence electrons. The molecule has 1 unspecified atom stereocenters. The fourth-order valence-corrected chi connectivity index (χ4v) is 4.41. The van der Waals surface area contributed by atoms with Crippen LogP contribution in [0.5, 0.6) is 6.01 Å². The Morgan fingerprint density at radius 1 is 1.06 bits per heavy atom. The minimum atomic E-state index is -0.695. The number of nitrogens with zero attached hydrogens (tertiary/aromatic N) is 3. The average molecular weight is 484 g/mol. The van der Waals surface area contributed by atoms with Crippen LogP contribution in [0.2, 0.25) is 0 Å². The van der Waals surface area contributed by atoms with E-state index in [-0.39, 0.29) is 30.5 Å². The van der Waals surface area contributed by atoms with E-state index in [1.54, 1.807) is 12.1 Å². The summed E-state index contributed by atoms with van der Waals surface area (Å²) < 4.78 is 5.81. The Balaban J connectivity index is 1.17. The summed E-state index contributed by atoms with van der Waals surface area (Å²) in [4.78, 5) is 25.6. The van der Waals surface area contributed by atoms with Crippen LogP contribution in [0, 0.1) is 5.41 Å². The summed E-state index contributed by atoms with van der Waals surface area (Å²) >= 11 is 0. The van der Waals surface area contributed by atoms with Crippen LogP contribution in [-0.4, -0.2) is 33.5 Å². The van der Waals surface area contributed by atoms with Crippen LogP contribution in [-0.2, 0) is 17.6 Å². The van der Waals surface area contributed by atoms with Crippen LogP contribution < -0.4 is 26.8 Å². The zero-order valence-corrected chi connectivity index (χ0v) is 20.1. The number of allylic oxidation sites excluding steroid dienone is 1. The van der Waals surface area contributed by atoms with E-state index in [0.29, 0.717) is 23.7 Å². The number of fused-ring (bicyclic) bond motifs is 1. The highest BCUT2D eigenvalue weighted by atomic mass is 16.5. The van der Waals surface area contributed by atoms with Gasteiger partial charge >= 0.3 is 6.01 Å². The van der Waals surface area contributed by atoms with Crippen molar-refractivity contribution in [2.45, 2.75) is 32.2 Å². The van der Waals surface area contributed by atoms with Crippen molar-refractivity contribution in [2.75, 3.05) is 28.7 Å². The minimum absolute atomic E-state index is 0.0932. The van der Waals surface area contributed by atoms with E-state index in [4.69, 9.17) is 16.2 Å². The molecule has 1 heterocycles. The lowest BCUT2D eigenvalue weighted by Crippen LogP contribution is -2.33. The molecule has 0 fully saturated rings. The molecule has 0 aliphatic heterocycles. The van der Waals surface area contributed by atoms with Gasteiger partial charge in [-0.15, -0.1) is 0 Å². The van der Waals surface area contributed by atoms with Gasteiger partial charge in [0, 0.05) is 6.04 Å². The third-order valence-electron chi connectivity index (χ3n) is 6.57. The number of nitrogens with two attached hydrogens (primary N) is 2. The van der Waals surface area contributed by atoms with Crippen molar-refractivity contribution in [3.63, 3.8) is 0 Å². The molecule has 0 saturated carbocycles. The van der Waals surface area contributed by atoms with Gasteiger partial charge in [-0.1, -0.05) is 54.6 Å². The van der Waals surface area contributed by atoms with Crippen molar-refractivity contribution < 1.29 is 9.53 Å². The number of carbonyl (C=O) groups is 1. The van der Waals surface area contributed by atoms with Gasteiger partial charge in [0.15, 0.2) is 0 Å². The number of aromatic nitrogens is 3. The number of rotatable bonds is 7. The van der Waals surface area contributed by atoms with Crippen LogP contribution in [0.1, 0.15) is 24.5 Å². The number of carbonyl (C=O) groups excluding carboxylic acids is 1. The summed E-state index contributed by atoms with van der Waals surface area (Å²) in [5.74, 6) is 0.367. The molecule has 2 aromatic carbocycles. The Bertz CT molecular complexity index is 1330. The predicted octanol–water partition coefficient (Wildman–Crippen LogP) is 3.53. The molecule has 1 atom stereocenters. The molecule has 5 rings (SSSR count). The number of benzene rings is 2. The molecule has 9 heteroatoms. The second-order valence-corrected chi connectivity index (χ2v) is 9.38. The second-order valence-electron chi connectivity index (χ2n) is 9.38. The fraction of sp³-hybridized carbons (Fsp3) is 0.259. The van der Waals surface area contributed by atoms with E-state index >= 15 is 0 Å². The normalized spacial score (nSPS) is 18.9. The highest BCUT2D eigenvalue weighted by Gasteiger charge is 2.31. The van der Waals surface area contributed by atoms with Gasteiger partial charge in [-0.2, -0.15) is 15.0 Å². The average Bonchev–Trinajstić information content (AvgIpc) is 3.27. The summed E-state index contributed by atoms with van der Waals surface area (Å²) in [5.41, 5.74) is 15.9. The van der Waals surface area contributed by atoms with E-state index in [0.717, 1.165) is 18.4 Å². The second kappa shape index (κ2) is 9.69. The lowest BCUT2D eigenvalue weighted by atomic mass is 9.81. The number of anilines is 4. The molecule has 36 heavy (non-hydrogen) atoms. The van der Waals surface area contributed by atoms with E-state index in [2.05, 4.69) is 49.9 Å². The summed E-state index contributed by atoms with van der Waals surface area (Å²) in [6, 6.07) is 15.9. The first-order valence-corrected chi connectivity index (χ1v) is 11.9. The molecule has 6 N–H and O–H groups in total. The predicted molar refractivity (Wildman–Crippen MR) is 140 cm³/mol. The number of nitrogen functional groups attached to an aromatic ring is 2. The Hall–Kier alpha value is -4.40. The summed E-state index contributed by atoms with van der Waals surface area (Å²) in [7, 11) is 0. The first-order chi connectivity index (χ1) is 17.4. The molecule has 2 aliphatic rings. The third-order valence-corrected chi connectivity index (χ3v) is 6.57. The maximum absolute atomic E-state index is 12.9. The molecule has 3 aromatic rings. The molecule has 2 aliphatic carbocycles. The van der Waals surface area contributed by atoms with E-state index in [9.17, 15) is 4.79 Å². The number of hydrogen-bond donors (Lipinski definition) is 4. The molecule has 9 nitrogen and oxygen atoms in total. The molecule has 1 amide bonds. The van der Waals surface area contributed by atoms with Gasteiger partial charge in [0.1, 0.15) is 6.61 Å². The topological polar surface area (TPSA) is 141 Å². The van der Waals surface area contributed by atoms with Gasteiger partial charge < -0.3 is 26.8 Å². The van der Waals surface area contributed by atoms with Crippen LogP contribution in [0.4, 0.5) is 23.3 Å². The largest absolute Gasteiger partial charge is 0.458 e. The first-order valence-electron chi connectivity index (χ1n) is 11.9. The van der Waals surface area contributed by atoms with Crippen molar-refractivity contribution in [3.05, 3.63) is 83.5 Å². The van der Waals surface area contributed by atoms with Crippen molar-refractivity contribution in [3.8, 4) is 6.01 Å². The maximum Gasteiger partial charge on any atom is 0.323 e. The lowest BCUT2D eigenvalue weighted by Gasteiger charge is -2.27. The monoisotopic (exact) mass is 483 g/mol. The highest BCUT2D eigenvalue weighted by molar-refractivity contribution is 5.98. The molecule has 0 bridgehead atoms. The highest BCUT2D eigenvalue weighted by Crippen LogP contribution is 2.32. The number of hydrogen-bond acceptors (Lipinski definition) is 8. The molecule has 1 aromatic heterocycles. The van der Waals surface area contributed by atoms with Crippen LogP contribution in [0.25, 0.3) is 0 Å². The molecule has 0 saturated heterocycles. The van der Waals surface area contributed by atoms with Crippen molar-refractivity contribution in [1.29, 1.82) is 0 Å². The van der Waals surface area contributed by atoms with Gasteiger partial charge in [-0.3, -0.25) is 4.79 Å². The Labute approximate surface area is 209 Å². The van der Waals surface area contributed by atoms with Crippen molar-refractivity contribution in [2.24, 2.45) is 5.41 Å². The number of para-hydroxylation sites is 2. The lowest BCUT2D eigenvalue weighted by molar-refractivity contribution is -0.122. The van der Waals surface area contributed by atoms with E-state index in [1.807, 2.05) is 37.3 Å². The van der Waals surface area contributed by atoms with Gasteiger partial charge in [0.25, 0.3) is 0 Å². The van der Waals surface area contributed by atoms with Gasteiger partial charge in [0.2, 0.25) is 17.8 Å². The standard InChI is InChI=1S/C27H29N7O2/c1-27(23(35)31-22-9-5-4-8-21(22)28)12-10-17(11-13-27)16-36-26-33-24(29)32-25(34-26)30-20-14-18-6-2-3-7-19(18)15-20/h2-12,20H,13-16,28H2,1H3,(H,31,35)(H3,29,30,32,33,34). The van der Waals surface area contributed by atoms with Crippen LogP contribution in [0.3, 0.4) is 0 Å². The van der Waals surface area contributed by atoms with Crippen LogP contribution in [0.15, 0.2) is 72.3 Å². The van der Waals surface area contributed by atoms with Crippen LogP contribution >= 0.6 is 0 Å². The Morgan fingerprint density at radius 3 is 2.47 bits per heavy atom.